The minimum Gasteiger partial charge on any atom is -0.480 e. The van der Waals surface area contributed by atoms with Crippen molar-refractivity contribution in [2.24, 2.45) is 17.6 Å². The second kappa shape index (κ2) is 12.8. The number of aliphatic carboxylic acids is 1. The van der Waals surface area contributed by atoms with Crippen molar-refractivity contribution in [3.63, 3.8) is 0 Å². The minimum absolute atomic E-state index is 0.0641. The topological polar surface area (TPSA) is 179 Å². The fourth-order valence-electron chi connectivity index (χ4n) is 3.05. The molecular formula is C21H36N6O5. The molecule has 0 saturated carbocycles. The van der Waals surface area contributed by atoms with E-state index in [-0.39, 0.29) is 24.7 Å². The zero-order chi connectivity index (χ0) is 24.4. The first-order chi connectivity index (χ1) is 15.0. The van der Waals surface area contributed by atoms with Crippen molar-refractivity contribution >= 4 is 23.7 Å². The van der Waals surface area contributed by atoms with E-state index in [0.29, 0.717) is 12.1 Å². The summed E-state index contributed by atoms with van der Waals surface area (Å²) in [5.41, 5.74) is 6.58. The van der Waals surface area contributed by atoms with Gasteiger partial charge in [0.2, 0.25) is 17.7 Å². The Morgan fingerprint density at radius 1 is 1.06 bits per heavy atom. The molecule has 1 rings (SSSR count). The van der Waals surface area contributed by atoms with Crippen LogP contribution in [-0.2, 0) is 25.6 Å². The monoisotopic (exact) mass is 452 g/mol. The molecule has 5 atom stereocenters. The van der Waals surface area contributed by atoms with E-state index >= 15 is 0 Å². The second-order valence-electron chi connectivity index (χ2n) is 8.52. The molecule has 1 heterocycles. The van der Waals surface area contributed by atoms with Crippen LogP contribution in [0.5, 0.6) is 0 Å². The lowest BCUT2D eigenvalue weighted by Gasteiger charge is -2.27. The third-order valence-corrected chi connectivity index (χ3v) is 5.20. The molecular weight excluding hydrogens is 416 g/mol. The van der Waals surface area contributed by atoms with E-state index in [2.05, 4.69) is 25.9 Å². The van der Waals surface area contributed by atoms with Crippen molar-refractivity contribution in [1.29, 1.82) is 0 Å². The molecule has 0 fully saturated rings. The Balaban J connectivity index is 2.76. The lowest BCUT2D eigenvalue weighted by molar-refractivity contribution is -0.143. The summed E-state index contributed by atoms with van der Waals surface area (Å²) in [6.07, 6.45) is 4.11. The zero-order valence-corrected chi connectivity index (χ0v) is 19.3. The zero-order valence-electron chi connectivity index (χ0n) is 19.3. The van der Waals surface area contributed by atoms with E-state index < -0.39 is 47.9 Å². The van der Waals surface area contributed by atoms with Crippen molar-refractivity contribution < 1.29 is 24.3 Å². The summed E-state index contributed by atoms with van der Waals surface area (Å²) >= 11 is 0. The number of carbonyl (C=O) groups is 4. The first-order valence-electron chi connectivity index (χ1n) is 10.8. The van der Waals surface area contributed by atoms with Crippen molar-refractivity contribution in [1.82, 2.24) is 25.9 Å². The predicted octanol–water partition coefficient (Wildman–Crippen LogP) is -0.0694. The van der Waals surface area contributed by atoms with Crippen LogP contribution in [0.4, 0.5) is 0 Å². The summed E-state index contributed by atoms with van der Waals surface area (Å²) in [4.78, 5) is 56.0. The fraction of sp³-hybridized carbons (Fsp3) is 0.667. The number of nitrogens with two attached hydrogens (primary N) is 1. The number of carboxylic acid groups (broad SMARTS) is 1. The van der Waals surface area contributed by atoms with E-state index in [1.54, 1.807) is 13.1 Å². The molecule has 0 aliphatic rings. The number of amides is 3. The van der Waals surface area contributed by atoms with Crippen LogP contribution < -0.4 is 21.7 Å². The van der Waals surface area contributed by atoms with Gasteiger partial charge in [-0.3, -0.25) is 14.4 Å². The van der Waals surface area contributed by atoms with E-state index in [9.17, 15) is 24.3 Å². The summed E-state index contributed by atoms with van der Waals surface area (Å²) in [5, 5.41) is 17.1. The van der Waals surface area contributed by atoms with Crippen molar-refractivity contribution in [3.05, 3.63) is 18.2 Å². The number of imidazole rings is 1. The van der Waals surface area contributed by atoms with Gasteiger partial charge in [-0.25, -0.2) is 9.78 Å². The standard InChI is InChI=1S/C21H36N6O5/c1-6-12(4)17(20(30)26-16(21(31)32)7-11(2)3)27-18(28)13(5)25-19(29)15(22)8-14-9-23-10-24-14/h9-13,15-17H,6-8,22H2,1-5H3,(H,23,24)(H,25,29)(H,26,30)(H,27,28)(H,31,32). The highest BCUT2D eigenvalue weighted by molar-refractivity contribution is 5.94. The summed E-state index contributed by atoms with van der Waals surface area (Å²) in [7, 11) is 0. The highest BCUT2D eigenvalue weighted by Crippen LogP contribution is 2.11. The average Bonchev–Trinajstić information content (AvgIpc) is 3.22. The van der Waals surface area contributed by atoms with E-state index in [1.807, 2.05) is 20.8 Å². The highest BCUT2D eigenvalue weighted by atomic mass is 16.4. The molecule has 11 nitrogen and oxygen atoms in total. The van der Waals surface area contributed by atoms with Gasteiger partial charge in [-0.1, -0.05) is 34.1 Å². The minimum atomic E-state index is -1.13. The van der Waals surface area contributed by atoms with Crippen LogP contribution in [0.3, 0.4) is 0 Å². The summed E-state index contributed by atoms with van der Waals surface area (Å²) in [6, 6.07) is -3.82. The molecule has 3 amide bonds. The normalized spacial score (nSPS) is 15.8. The van der Waals surface area contributed by atoms with Crippen molar-refractivity contribution in [2.45, 2.75) is 78.0 Å². The van der Waals surface area contributed by atoms with Gasteiger partial charge in [-0.2, -0.15) is 0 Å². The maximum Gasteiger partial charge on any atom is 0.326 e. The molecule has 0 aliphatic heterocycles. The van der Waals surface area contributed by atoms with Gasteiger partial charge in [-0.15, -0.1) is 0 Å². The second-order valence-corrected chi connectivity index (χ2v) is 8.52. The lowest BCUT2D eigenvalue weighted by atomic mass is 9.96. The van der Waals surface area contributed by atoms with Gasteiger partial charge in [0.1, 0.15) is 18.1 Å². The summed E-state index contributed by atoms with van der Waals surface area (Å²) in [6.45, 7) is 8.85. The van der Waals surface area contributed by atoms with Gasteiger partial charge < -0.3 is 31.8 Å². The Bertz CT molecular complexity index is 767. The van der Waals surface area contributed by atoms with E-state index in [4.69, 9.17) is 5.73 Å². The number of aromatic nitrogens is 2. The van der Waals surface area contributed by atoms with Crippen molar-refractivity contribution in [2.75, 3.05) is 0 Å². The molecule has 0 radical (unpaired) electrons. The Morgan fingerprint density at radius 3 is 2.22 bits per heavy atom. The van der Waals surface area contributed by atoms with Crippen LogP contribution in [0, 0.1) is 11.8 Å². The van der Waals surface area contributed by atoms with E-state index in [0.717, 1.165) is 0 Å². The summed E-state index contributed by atoms with van der Waals surface area (Å²) in [5.74, 6) is -2.98. The molecule has 1 aromatic heterocycles. The molecule has 180 valence electrons. The Kier molecular flexibility index (Phi) is 10.8. The maximum atomic E-state index is 12.8. The number of H-pyrrole nitrogens is 1. The SMILES string of the molecule is CCC(C)C(NC(=O)C(C)NC(=O)C(N)Cc1cnc[nH]1)C(=O)NC(CC(C)C)C(=O)O. The van der Waals surface area contributed by atoms with Crippen LogP contribution in [0.1, 0.15) is 53.2 Å². The third-order valence-electron chi connectivity index (χ3n) is 5.20. The molecule has 1 aromatic rings. The lowest BCUT2D eigenvalue weighted by Crippen LogP contribution is -2.58. The van der Waals surface area contributed by atoms with Gasteiger partial charge in [-0.05, 0) is 25.2 Å². The van der Waals surface area contributed by atoms with Crippen LogP contribution in [0.25, 0.3) is 0 Å². The molecule has 0 spiro atoms. The van der Waals surface area contributed by atoms with E-state index in [1.165, 1.54) is 13.3 Å². The van der Waals surface area contributed by atoms with Crippen LogP contribution >= 0.6 is 0 Å². The van der Waals surface area contributed by atoms with Gasteiger partial charge in [0.15, 0.2) is 0 Å². The molecule has 0 aliphatic carbocycles. The predicted molar refractivity (Wildman–Crippen MR) is 118 cm³/mol. The molecule has 0 saturated heterocycles. The highest BCUT2D eigenvalue weighted by Gasteiger charge is 2.31. The van der Waals surface area contributed by atoms with Gasteiger partial charge >= 0.3 is 5.97 Å². The van der Waals surface area contributed by atoms with Crippen LogP contribution in [-0.4, -0.2) is 62.9 Å². The van der Waals surface area contributed by atoms with Crippen LogP contribution in [0.2, 0.25) is 0 Å². The molecule has 0 aromatic carbocycles. The fourth-order valence-corrected chi connectivity index (χ4v) is 3.05. The number of nitrogens with one attached hydrogen (secondary N) is 4. The smallest absolute Gasteiger partial charge is 0.326 e. The number of aromatic amines is 1. The molecule has 7 N–H and O–H groups in total. The number of nitrogens with zero attached hydrogens (tertiary/aromatic N) is 1. The van der Waals surface area contributed by atoms with Gasteiger partial charge in [0.25, 0.3) is 0 Å². The van der Waals surface area contributed by atoms with Gasteiger partial charge in [0, 0.05) is 18.3 Å². The number of hydrogen-bond acceptors (Lipinski definition) is 6. The Labute approximate surface area is 188 Å². The molecule has 5 unspecified atom stereocenters. The maximum absolute atomic E-state index is 12.8. The number of carboxylic acids is 1. The van der Waals surface area contributed by atoms with Crippen molar-refractivity contribution in [3.8, 4) is 0 Å². The first-order valence-corrected chi connectivity index (χ1v) is 10.8. The average molecular weight is 453 g/mol. The molecule has 11 heteroatoms. The Morgan fingerprint density at radius 2 is 1.72 bits per heavy atom. The number of carbonyl (C=O) groups excluding carboxylic acids is 3. The largest absolute Gasteiger partial charge is 0.480 e. The number of hydrogen-bond donors (Lipinski definition) is 6. The molecule has 0 bridgehead atoms. The third kappa shape index (κ3) is 8.66. The van der Waals surface area contributed by atoms with Gasteiger partial charge in [0.05, 0.1) is 12.4 Å². The molecule has 32 heavy (non-hydrogen) atoms. The first kappa shape index (κ1) is 27.1. The number of rotatable bonds is 13. The quantitative estimate of drug-likeness (QED) is 0.242. The van der Waals surface area contributed by atoms with Crippen LogP contribution in [0.15, 0.2) is 12.5 Å². The Hall–Kier alpha value is -2.95. The summed E-state index contributed by atoms with van der Waals surface area (Å²) < 4.78 is 0.